The Morgan fingerprint density at radius 1 is 1.13 bits per heavy atom. The molecule has 4 aromatic rings. The van der Waals surface area contributed by atoms with Gasteiger partial charge in [-0.25, -0.2) is 9.37 Å². The fraction of sp³-hybridized carbons (Fsp3) is 0.190. The van der Waals surface area contributed by atoms with E-state index in [0.29, 0.717) is 47.4 Å². The predicted molar refractivity (Wildman–Crippen MR) is 108 cm³/mol. The Morgan fingerprint density at radius 2 is 1.93 bits per heavy atom. The second-order valence-electron chi connectivity index (χ2n) is 6.83. The fourth-order valence-corrected chi connectivity index (χ4v) is 3.32. The number of hydrogen-bond acceptors (Lipinski definition) is 5. The Bertz CT molecular complexity index is 1250. The Labute approximate surface area is 170 Å². The molecule has 0 radical (unpaired) electrons. The van der Waals surface area contributed by atoms with Crippen molar-refractivity contribution in [2.75, 3.05) is 0 Å². The van der Waals surface area contributed by atoms with Gasteiger partial charge in [0, 0.05) is 18.4 Å². The van der Waals surface area contributed by atoms with Crippen LogP contribution in [0, 0.1) is 5.82 Å². The standard InChI is InChI=1S/C21H18FN5O3/c22-14-6-8-15(9-7-14)27-19(3-1-2-4-20(28)29)24-17-11-13(18-12-23-26-25-18)5-10-16(17)21(27)30/h5-12H,1-4H2,(H,28,29)(H,23,25,26). The highest BCUT2D eigenvalue weighted by Gasteiger charge is 2.14. The minimum absolute atomic E-state index is 0.0463. The molecule has 30 heavy (non-hydrogen) atoms. The number of aliphatic carboxylic acids is 1. The van der Waals surface area contributed by atoms with Gasteiger partial charge in [0.05, 0.1) is 22.8 Å². The summed E-state index contributed by atoms with van der Waals surface area (Å²) >= 11 is 0. The van der Waals surface area contributed by atoms with E-state index in [-0.39, 0.29) is 12.0 Å². The topological polar surface area (TPSA) is 114 Å². The third kappa shape index (κ3) is 3.95. The van der Waals surface area contributed by atoms with Gasteiger partial charge < -0.3 is 5.11 Å². The first-order valence-electron chi connectivity index (χ1n) is 9.42. The normalized spacial score (nSPS) is 11.1. The number of fused-ring (bicyclic) bond motifs is 1. The Morgan fingerprint density at radius 3 is 2.63 bits per heavy atom. The molecular formula is C21H18FN5O3. The van der Waals surface area contributed by atoms with Gasteiger partial charge in [0.25, 0.3) is 5.56 Å². The van der Waals surface area contributed by atoms with E-state index in [1.807, 2.05) is 0 Å². The molecule has 0 spiro atoms. The van der Waals surface area contributed by atoms with E-state index in [1.54, 1.807) is 24.4 Å². The molecule has 0 aliphatic carbocycles. The van der Waals surface area contributed by atoms with Gasteiger partial charge in [-0.1, -0.05) is 6.07 Å². The average Bonchev–Trinajstić information content (AvgIpc) is 3.27. The molecule has 2 aromatic heterocycles. The number of benzene rings is 2. The second-order valence-corrected chi connectivity index (χ2v) is 6.83. The van der Waals surface area contributed by atoms with Crippen LogP contribution in [0.2, 0.25) is 0 Å². The van der Waals surface area contributed by atoms with Gasteiger partial charge >= 0.3 is 5.97 Å². The van der Waals surface area contributed by atoms with Crippen molar-refractivity contribution >= 4 is 16.9 Å². The third-order valence-electron chi connectivity index (χ3n) is 4.78. The van der Waals surface area contributed by atoms with Crippen LogP contribution >= 0.6 is 0 Å². The number of rotatable bonds is 7. The number of carboxylic acids is 1. The molecule has 8 nitrogen and oxygen atoms in total. The highest BCUT2D eigenvalue weighted by Crippen LogP contribution is 2.21. The van der Waals surface area contributed by atoms with Crippen LogP contribution in [-0.2, 0) is 11.2 Å². The number of aromatic amines is 1. The first-order valence-corrected chi connectivity index (χ1v) is 9.42. The lowest BCUT2D eigenvalue weighted by Crippen LogP contribution is -2.24. The van der Waals surface area contributed by atoms with Crippen molar-refractivity contribution in [3.05, 3.63) is 70.7 Å². The Balaban J connectivity index is 1.82. The van der Waals surface area contributed by atoms with Crippen LogP contribution in [-0.4, -0.2) is 36.0 Å². The Hall–Kier alpha value is -3.88. The summed E-state index contributed by atoms with van der Waals surface area (Å²) in [6.45, 7) is 0. The van der Waals surface area contributed by atoms with Gasteiger partial charge in [0.1, 0.15) is 17.3 Å². The number of aromatic nitrogens is 5. The van der Waals surface area contributed by atoms with Gasteiger partial charge in [-0.05, 0) is 49.2 Å². The van der Waals surface area contributed by atoms with Crippen molar-refractivity contribution in [3.8, 4) is 16.9 Å². The number of H-pyrrole nitrogens is 1. The van der Waals surface area contributed by atoms with E-state index >= 15 is 0 Å². The van der Waals surface area contributed by atoms with Gasteiger partial charge in [-0.2, -0.15) is 15.4 Å². The summed E-state index contributed by atoms with van der Waals surface area (Å²) in [5.74, 6) is -0.780. The fourth-order valence-electron chi connectivity index (χ4n) is 3.32. The lowest BCUT2D eigenvalue weighted by Gasteiger charge is -2.14. The molecule has 0 saturated heterocycles. The summed E-state index contributed by atoms with van der Waals surface area (Å²) in [6.07, 6.45) is 3.04. The predicted octanol–water partition coefficient (Wildman–Crippen LogP) is 3.11. The molecule has 152 valence electrons. The summed E-state index contributed by atoms with van der Waals surface area (Å²) < 4.78 is 14.8. The smallest absolute Gasteiger partial charge is 0.303 e. The lowest BCUT2D eigenvalue weighted by molar-refractivity contribution is -0.137. The molecule has 0 bridgehead atoms. The maximum absolute atomic E-state index is 13.4. The molecule has 2 heterocycles. The van der Waals surface area contributed by atoms with Crippen LogP contribution in [0.4, 0.5) is 4.39 Å². The minimum atomic E-state index is -0.866. The zero-order valence-corrected chi connectivity index (χ0v) is 15.9. The summed E-state index contributed by atoms with van der Waals surface area (Å²) in [5, 5.41) is 19.7. The van der Waals surface area contributed by atoms with Crippen molar-refractivity contribution < 1.29 is 14.3 Å². The number of hydrogen-bond donors (Lipinski definition) is 2. The summed E-state index contributed by atoms with van der Waals surface area (Å²) in [7, 11) is 0. The van der Waals surface area contributed by atoms with E-state index in [2.05, 4.69) is 20.4 Å². The molecule has 4 rings (SSSR count). The van der Waals surface area contributed by atoms with Crippen molar-refractivity contribution in [1.29, 1.82) is 0 Å². The van der Waals surface area contributed by atoms with Crippen LogP contribution in [0.25, 0.3) is 27.8 Å². The minimum Gasteiger partial charge on any atom is -0.481 e. The average molecular weight is 407 g/mol. The van der Waals surface area contributed by atoms with E-state index in [1.165, 1.54) is 28.8 Å². The molecule has 0 amide bonds. The Kier molecular flexibility index (Phi) is 5.34. The van der Waals surface area contributed by atoms with E-state index in [9.17, 15) is 14.0 Å². The maximum Gasteiger partial charge on any atom is 0.303 e. The zero-order chi connectivity index (χ0) is 21.1. The van der Waals surface area contributed by atoms with Crippen LogP contribution in [0.15, 0.2) is 53.5 Å². The SMILES string of the molecule is O=C(O)CCCCc1nc2cc(-c3cn[nH]n3)ccc2c(=O)n1-c1ccc(F)cc1. The molecule has 0 atom stereocenters. The highest BCUT2D eigenvalue weighted by atomic mass is 19.1. The molecular weight excluding hydrogens is 389 g/mol. The van der Waals surface area contributed by atoms with Crippen LogP contribution in [0.3, 0.4) is 0 Å². The summed E-state index contributed by atoms with van der Waals surface area (Å²) in [5.41, 5.74) is 2.13. The van der Waals surface area contributed by atoms with Crippen molar-refractivity contribution in [2.24, 2.45) is 0 Å². The number of nitrogens with one attached hydrogen (secondary N) is 1. The zero-order valence-electron chi connectivity index (χ0n) is 15.9. The second kappa shape index (κ2) is 8.24. The highest BCUT2D eigenvalue weighted by molar-refractivity contribution is 5.83. The van der Waals surface area contributed by atoms with E-state index < -0.39 is 11.8 Å². The number of aryl methyl sites for hydroxylation is 1. The van der Waals surface area contributed by atoms with E-state index in [4.69, 9.17) is 5.11 Å². The summed E-state index contributed by atoms with van der Waals surface area (Å²) in [4.78, 5) is 28.7. The van der Waals surface area contributed by atoms with Gasteiger partial charge in [-0.3, -0.25) is 14.2 Å². The van der Waals surface area contributed by atoms with Gasteiger partial charge in [-0.15, -0.1) is 0 Å². The number of unbranched alkanes of at least 4 members (excludes halogenated alkanes) is 1. The number of nitrogens with zero attached hydrogens (tertiary/aromatic N) is 4. The lowest BCUT2D eigenvalue weighted by atomic mass is 10.1. The quantitative estimate of drug-likeness (QED) is 0.455. The molecule has 9 heteroatoms. The van der Waals surface area contributed by atoms with Crippen molar-refractivity contribution in [3.63, 3.8) is 0 Å². The van der Waals surface area contributed by atoms with Crippen LogP contribution in [0.1, 0.15) is 25.1 Å². The van der Waals surface area contributed by atoms with Gasteiger partial charge in [0.15, 0.2) is 0 Å². The summed E-state index contributed by atoms with van der Waals surface area (Å²) in [6, 6.07) is 10.8. The largest absolute Gasteiger partial charge is 0.481 e. The number of carboxylic acid groups (broad SMARTS) is 1. The van der Waals surface area contributed by atoms with Crippen molar-refractivity contribution in [1.82, 2.24) is 25.0 Å². The number of halogens is 1. The van der Waals surface area contributed by atoms with Crippen LogP contribution in [0.5, 0.6) is 0 Å². The molecule has 0 aliphatic rings. The third-order valence-corrected chi connectivity index (χ3v) is 4.78. The first kappa shape index (κ1) is 19.4. The molecule has 0 aliphatic heterocycles. The molecule has 2 N–H and O–H groups in total. The monoisotopic (exact) mass is 407 g/mol. The van der Waals surface area contributed by atoms with Gasteiger partial charge in [0.2, 0.25) is 0 Å². The maximum atomic E-state index is 13.4. The van der Waals surface area contributed by atoms with E-state index in [0.717, 1.165) is 5.56 Å². The van der Waals surface area contributed by atoms with Crippen molar-refractivity contribution in [2.45, 2.75) is 25.7 Å². The molecule has 0 fully saturated rings. The first-order chi connectivity index (χ1) is 14.5. The molecule has 0 saturated carbocycles. The molecule has 0 unspecified atom stereocenters. The molecule has 2 aromatic carbocycles. The number of carbonyl (C=O) groups is 1. The van der Waals surface area contributed by atoms with Crippen LogP contribution < -0.4 is 5.56 Å².